The summed E-state index contributed by atoms with van der Waals surface area (Å²) in [4.78, 5) is 0. The van der Waals surface area contributed by atoms with Crippen LogP contribution in [0.25, 0.3) is 0 Å². The van der Waals surface area contributed by atoms with Crippen LogP contribution < -0.4 is 0 Å². The van der Waals surface area contributed by atoms with E-state index in [1.54, 1.807) is 14.2 Å². The molecule has 11 heteroatoms. The molecule has 0 bridgehead atoms. The van der Waals surface area contributed by atoms with Crippen molar-refractivity contribution < 1.29 is 32.6 Å². The fraction of sp³-hybridized carbons (Fsp3) is 1.00. The van der Waals surface area contributed by atoms with E-state index in [9.17, 15) is 4.57 Å². The summed E-state index contributed by atoms with van der Waals surface area (Å²) in [6.07, 6.45) is -0.899. The van der Waals surface area contributed by atoms with Gasteiger partial charge in [-0.15, -0.1) is 0 Å². The lowest BCUT2D eigenvalue weighted by Crippen LogP contribution is -2.33. The molecule has 26 heavy (non-hydrogen) atoms. The molecule has 7 nitrogen and oxygen atoms in total. The van der Waals surface area contributed by atoms with E-state index in [1.165, 1.54) is 6.66 Å². The first-order chi connectivity index (χ1) is 12.2. The molecular weight excluding hydrogens is 356 g/mol. The minimum absolute atomic E-state index is 0.0161. The first-order valence-electron chi connectivity index (χ1n) is 9.47. The van der Waals surface area contributed by atoms with Crippen LogP contribution in [0, 0.1) is 11.8 Å². The van der Waals surface area contributed by atoms with Gasteiger partial charge >= 0.3 is 7.60 Å². The predicted octanol–water partition coefficient (Wildman–Crippen LogP) is -0.788. The molecule has 3 unspecified atom stereocenters. The van der Waals surface area contributed by atoms with Gasteiger partial charge < -0.3 is 28.0 Å². The van der Waals surface area contributed by atoms with Crippen LogP contribution in [-0.4, -0.2) is 93.3 Å². The van der Waals surface area contributed by atoms with E-state index in [0.29, 0.717) is 6.61 Å². The summed E-state index contributed by atoms with van der Waals surface area (Å²) < 4.78 is 47.1. The first-order valence-corrected chi connectivity index (χ1v) is 11.5. The quantitative estimate of drug-likeness (QED) is 0.379. The van der Waals surface area contributed by atoms with E-state index in [4.69, 9.17) is 28.0 Å². The number of hydrogen-bond acceptors (Lipinski definition) is 7. The molecule has 0 saturated carbocycles. The molecule has 0 radical (unpaired) electrons. The molecular formula is C15H32B3O7P. The smallest absolute Gasteiger partial charge is 0.328 e. The van der Waals surface area contributed by atoms with E-state index < -0.39 is 7.60 Å². The molecule has 0 spiro atoms. The Morgan fingerprint density at radius 2 is 1.73 bits per heavy atom. The minimum Gasteiger partial charge on any atom is -0.382 e. The average molecular weight is 388 g/mol. The van der Waals surface area contributed by atoms with Crippen LogP contribution in [0.2, 0.25) is 0 Å². The van der Waals surface area contributed by atoms with Gasteiger partial charge in [0.2, 0.25) is 0 Å². The third-order valence-corrected chi connectivity index (χ3v) is 6.87. The molecule has 0 amide bonds. The second-order valence-electron chi connectivity index (χ2n) is 7.51. The standard InChI is InChI=1S/C15H32B3O7P/c1-8-13(10(6-20-3)23-14(8)16)25-26(5,19)22-7-11-12(21-4)9(2)15(18-17)24-11/h8-15,18H,6-7,16-17H2,1-5H3/t8?,9?,10-,11-,12-,13-,14-,15-,26?/m1/s1. The Kier molecular flexibility index (Phi) is 8.29. The average Bonchev–Trinajstić information content (AvgIpc) is 3.04. The predicted molar refractivity (Wildman–Crippen MR) is 107 cm³/mol. The summed E-state index contributed by atoms with van der Waals surface area (Å²) in [5.41, 5.74) is 0. The van der Waals surface area contributed by atoms with Gasteiger partial charge in [-0.2, -0.15) is 0 Å². The Hall–Kier alpha value is 0.185. The monoisotopic (exact) mass is 388 g/mol. The molecule has 2 saturated heterocycles. The summed E-state index contributed by atoms with van der Waals surface area (Å²) in [5, 5.41) is 0. The fourth-order valence-corrected chi connectivity index (χ4v) is 5.20. The van der Waals surface area contributed by atoms with E-state index in [0.717, 1.165) is 7.17 Å². The van der Waals surface area contributed by atoms with Crippen LogP contribution in [0.4, 0.5) is 0 Å². The molecule has 148 valence electrons. The molecule has 9 atom stereocenters. The lowest BCUT2D eigenvalue weighted by Gasteiger charge is -2.26. The topological polar surface area (TPSA) is 72.5 Å². The van der Waals surface area contributed by atoms with Crippen molar-refractivity contribution in [2.24, 2.45) is 11.8 Å². The molecule has 0 N–H and O–H groups in total. The van der Waals surface area contributed by atoms with Crippen molar-refractivity contribution in [2.45, 2.75) is 50.3 Å². The normalized spacial score (nSPS) is 42.7. The second kappa shape index (κ2) is 9.59. The largest absolute Gasteiger partial charge is 0.382 e. The van der Waals surface area contributed by atoms with Gasteiger partial charge in [-0.1, -0.05) is 13.8 Å². The zero-order valence-corrected chi connectivity index (χ0v) is 17.9. The van der Waals surface area contributed by atoms with Crippen molar-refractivity contribution in [3.05, 3.63) is 0 Å². The molecule has 2 aliphatic rings. The summed E-state index contributed by atoms with van der Waals surface area (Å²) in [5.74, 6) is 0.372. The molecule has 0 aromatic rings. The van der Waals surface area contributed by atoms with Crippen molar-refractivity contribution in [3.63, 3.8) is 0 Å². The highest BCUT2D eigenvalue weighted by Crippen LogP contribution is 2.49. The number of methoxy groups -OCH3 is 2. The van der Waals surface area contributed by atoms with Crippen molar-refractivity contribution >= 4 is 30.3 Å². The maximum atomic E-state index is 12.9. The van der Waals surface area contributed by atoms with Crippen molar-refractivity contribution in [1.82, 2.24) is 0 Å². The zero-order chi connectivity index (χ0) is 19.5. The lowest BCUT2D eigenvalue weighted by atomic mass is 9.49. The van der Waals surface area contributed by atoms with Gasteiger partial charge in [0.05, 0.1) is 33.2 Å². The van der Waals surface area contributed by atoms with Gasteiger partial charge in [-0.3, -0.25) is 4.57 Å². The minimum atomic E-state index is -3.28. The van der Waals surface area contributed by atoms with Gasteiger partial charge in [0.1, 0.15) is 27.2 Å². The van der Waals surface area contributed by atoms with Gasteiger partial charge in [0, 0.05) is 44.7 Å². The van der Waals surface area contributed by atoms with Crippen LogP contribution in [0.3, 0.4) is 0 Å². The van der Waals surface area contributed by atoms with Crippen LogP contribution in [0.15, 0.2) is 0 Å². The van der Waals surface area contributed by atoms with Crippen molar-refractivity contribution in [2.75, 3.05) is 34.1 Å². The Bertz CT molecular complexity index is 500. The maximum Gasteiger partial charge on any atom is 0.328 e. The van der Waals surface area contributed by atoms with Gasteiger partial charge in [0.25, 0.3) is 0 Å². The van der Waals surface area contributed by atoms with Crippen LogP contribution in [-0.2, 0) is 32.6 Å². The third-order valence-electron chi connectivity index (χ3n) is 5.63. The van der Waals surface area contributed by atoms with E-state index in [1.807, 2.05) is 14.8 Å². The number of ether oxygens (including phenoxy) is 4. The summed E-state index contributed by atoms with van der Waals surface area (Å²) in [7, 11) is 4.99. The van der Waals surface area contributed by atoms with Gasteiger partial charge in [0.15, 0.2) is 0 Å². The Morgan fingerprint density at radius 3 is 2.31 bits per heavy atom. The van der Waals surface area contributed by atoms with Gasteiger partial charge in [-0.25, -0.2) is 0 Å². The van der Waals surface area contributed by atoms with Gasteiger partial charge in [-0.05, 0) is 0 Å². The lowest BCUT2D eigenvalue weighted by molar-refractivity contribution is -0.0306. The molecule has 2 heterocycles. The molecule has 0 aromatic carbocycles. The summed E-state index contributed by atoms with van der Waals surface area (Å²) in [6, 6.07) is 0.142. The number of rotatable bonds is 9. The fourth-order valence-electron chi connectivity index (χ4n) is 3.95. The maximum absolute atomic E-state index is 12.9. The highest BCUT2D eigenvalue weighted by atomic mass is 31.2. The highest BCUT2D eigenvalue weighted by Gasteiger charge is 2.45. The summed E-state index contributed by atoms with van der Waals surface area (Å²) in [6.45, 7) is 6.22. The second-order valence-corrected chi connectivity index (χ2v) is 9.52. The molecule has 2 aliphatic heterocycles. The highest BCUT2D eigenvalue weighted by molar-refractivity contribution is 7.53. The molecule has 2 rings (SSSR count). The summed E-state index contributed by atoms with van der Waals surface area (Å²) >= 11 is 0. The van der Waals surface area contributed by atoms with Crippen LogP contribution in [0.1, 0.15) is 13.8 Å². The zero-order valence-electron chi connectivity index (χ0n) is 17.0. The van der Waals surface area contributed by atoms with Crippen molar-refractivity contribution in [3.8, 4) is 0 Å². The Balaban J connectivity index is 1.95. The first kappa shape index (κ1) is 22.5. The molecule has 0 aliphatic carbocycles. The van der Waals surface area contributed by atoms with Crippen molar-refractivity contribution in [1.29, 1.82) is 0 Å². The SMILES string of the molecule is BB[C@@H]1O[C@H](COP(C)(=O)O[C@@H]2C(C)[C@H](B)O[C@@H]2COC)[C@H](OC)C1C. The number of hydrogen-bond donors (Lipinski definition) is 0. The van der Waals surface area contributed by atoms with E-state index >= 15 is 0 Å². The Labute approximate surface area is 159 Å². The molecule has 2 fully saturated rings. The molecule has 0 aromatic heterocycles. The van der Waals surface area contributed by atoms with E-state index in [2.05, 4.69) is 14.7 Å². The van der Waals surface area contributed by atoms with Crippen LogP contribution in [0.5, 0.6) is 0 Å². The third kappa shape index (κ3) is 5.16. The Morgan fingerprint density at radius 1 is 1.08 bits per heavy atom. The van der Waals surface area contributed by atoms with Crippen LogP contribution >= 0.6 is 7.60 Å². The van der Waals surface area contributed by atoms with E-state index in [-0.39, 0.29) is 54.9 Å².